The second-order valence-electron chi connectivity index (χ2n) is 8.97. The average molecular weight is 509 g/mol. The minimum Gasteiger partial charge on any atom is -0.492 e. The SMILES string of the molecule is CCCCN1C(=O)NC(c2cccc(NC(=O)Nc3ccccc3OCC)c2)C(C(=O)OC(C)C)=C1C. The summed E-state index contributed by atoms with van der Waals surface area (Å²) in [4.78, 5) is 40.4. The van der Waals surface area contributed by atoms with E-state index in [0.717, 1.165) is 12.8 Å². The Labute approximate surface area is 218 Å². The maximum absolute atomic E-state index is 13.1. The van der Waals surface area contributed by atoms with Crippen molar-refractivity contribution in [2.75, 3.05) is 23.8 Å². The molecule has 4 amide bonds. The van der Waals surface area contributed by atoms with E-state index >= 15 is 0 Å². The standard InChI is InChI=1S/C28H36N4O5/c1-6-8-16-32-19(5)24(26(33)37-18(3)4)25(31-28(32)35)20-12-11-13-21(17-20)29-27(34)30-22-14-9-10-15-23(22)36-7-2/h9-15,17-18,25H,6-8,16H2,1-5H3,(H,31,35)(H2,29,30,34). The third-order valence-electron chi connectivity index (χ3n) is 5.81. The van der Waals surface area contributed by atoms with E-state index in [4.69, 9.17) is 9.47 Å². The van der Waals surface area contributed by atoms with E-state index in [9.17, 15) is 14.4 Å². The van der Waals surface area contributed by atoms with Crippen molar-refractivity contribution in [1.82, 2.24) is 10.2 Å². The van der Waals surface area contributed by atoms with Crippen molar-refractivity contribution in [3.63, 3.8) is 0 Å². The molecule has 0 spiro atoms. The van der Waals surface area contributed by atoms with Crippen LogP contribution in [0.4, 0.5) is 21.0 Å². The highest BCUT2D eigenvalue weighted by molar-refractivity contribution is 6.01. The summed E-state index contributed by atoms with van der Waals surface area (Å²) in [5.41, 5.74) is 2.63. The lowest BCUT2D eigenvalue weighted by Gasteiger charge is -2.35. The molecule has 3 N–H and O–H groups in total. The topological polar surface area (TPSA) is 109 Å². The van der Waals surface area contributed by atoms with Crippen LogP contribution in [0.3, 0.4) is 0 Å². The first-order chi connectivity index (χ1) is 17.7. The fourth-order valence-electron chi connectivity index (χ4n) is 4.09. The molecule has 1 atom stereocenters. The molecule has 1 aliphatic heterocycles. The summed E-state index contributed by atoms with van der Waals surface area (Å²) >= 11 is 0. The van der Waals surface area contributed by atoms with E-state index in [-0.39, 0.29) is 12.1 Å². The minimum atomic E-state index is -0.722. The molecule has 37 heavy (non-hydrogen) atoms. The first-order valence-electron chi connectivity index (χ1n) is 12.6. The number of hydrogen-bond acceptors (Lipinski definition) is 5. The molecule has 1 heterocycles. The summed E-state index contributed by atoms with van der Waals surface area (Å²) in [6, 6.07) is 12.7. The monoisotopic (exact) mass is 508 g/mol. The number of carbonyl (C=O) groups excluding carboxylic acids is 3. The van der Waals surface area contributed by atoms with Crippen molar-refractivity contribution in [3.8, 4) is 5.75 Å². The number of hydrogen-bond donors (Lipinski definition) is 3. The molecule has 9 heteroatoms. The molecule has 0 bridgehead atoms. The van der Waals surface area contributed by atoms with Gasteiger partial charge in [0.1, 0.15) is 5.75 Å². The van der Waals surface area contributed by atoms with Crippen LogP contribution in [0.1, 0.15) is 59.1 Å². The van der Waals surface area contributed by atoms with E-state index in [1.165, 1.54) is 0 Å². The average Bonchev–Trinajstić information content (AvgIpc) is 2.84. The van der Waals surface area contributed by atoms with E-state index in [1.807, 2.05) is 19.9 Å². The molecule has 0 aromatic heterocycles. The zero-order chi connectivity index (χ0) is 26.9. The quantitative estimate of drug-likeness (QED) is 0.350. The van der Waals surface area contributed by atoms with Crippen LogP contribution in [-0.2, 0) is 9.53 Å². The van der Waals surface area contributed by atoms with Gasteiger partial charge in [-0.1, -0.05) is 37.6 Å². The smallest absolute Gasteiger partial charge is 0.338 e. The Hall–Kier alpha value is -4.01. The van der Waals surface area contributed by atoms with Gasteiger partial charge in [-0.2, -0.15) is 0 Å². The van der Waals surface area contributed by atoms with Crippen LogP contribution >= 0.6 is 0 Å². The lowest BCUT2D eigenvalue weighted by atomic mass is 9.94. The van der Waals surface area contributed by atoms with Crippen molar-refractivity contribution < 1.29 is 23.9 Å². The van der Waals surface area contributed by atoms with Crippen LogP contribution in [0.5, 0.6) is 5.75 Å². The van der Waals surface area contributed by atoms with E-state index in [1.54, 1.807) is 68.1 Å². The molecule has 9 nitrogen and oxygen atoms in total. The number of para-hydroxylation sites is 2. The van der Waals surface area contributed by atoms with Crippen LogP contribution in [0, 0.1) is 0 Å². The van der Waals surface area contributed by atoms with Crippen molar-refractivity contribution >= 4 is 29.4 Å². The molecule has 2 aromatic carbocycles. The summed E-state index contributed by atoms with van der Waals surface area (Å²) < 4.78 is 11.1. The van der Waals surface area contributed by atoms with Crippen LogP contribution in [0.15, 0.2) is 59.8 Å². The number of allylic oxidation sites excluding steroid dienone is 1. The summed E-state index contributed by atoms with van der Waals surface area (Å²) in [5.74, 6) is 0.0861. The number of ether oxygens (including phenoxy) is 2. The molecule has 0 radical (unpaired) electrons. The van der Waals surface area contributed by atoms with E-state index in [0.29, 0.717) is 47.1 Å². The normalized spacial score (nSPS) is 15.4. The Morgan fingerprint density at radius 3 is 2.54 bits per heavy atom. The lowest BCUT2D eigenvalue weighted by molar-refractivity contribution is -0.143. The molecule has 1 aliphatic rings. The van der Waals surface area contributed by atoms with Crippen molar-refractivity contribution in [3.05, 3.63) is 65.4 Å². The number of amides is 4. The van der Waals surface area contributed by atoms with E-state index < -0.39 is 18.0 Å². The number of esters is 1. The largest absolute Gasteiger partial charge is 0.492 e. The first-order valence-corrected chi connectivity index (χ1v) is 12.6. The van der Waals surface area contributed by atoms with Crippen LogP contribution in [0.2, 0.25) is 0 Å². The highest BCUT2D eigenvalue weighted by Crippen LogP contribution is 2.33. The van der Waals surface area contributed by atoms with Gasteiger partial charge in [0.25, 0.3) is 0 Å². The number of urea groups is 2. The Bertz CT molecular complexity index is 1160. The van der Waals surface area contributed by atoms with Crippen molar-refractivity contribution in [2.24, 2.45) is 0 Å². The predicted octanol–water partition coefficient (Wildman–Crippen LogP) is 5.82. The summed E-state index contributed by atoms with van der Waals surface area (Å²) in [5, 5.41) is 8.56. The summed E-state index contributed by atoms with van der Waals surface area (Å²) in [6.07, 6.45) is 1.41. The second kappa shape index (κ2) is 12.8. The maximum Gasteiger partial charge on any atom is 0.338 e. The number of carbonyl (C=O) groups is 3. The Morgan fingerprint density at radius 2 is 1.84 bits per heavy atom. The fraction of sp³-hybridized carbons (Fsp3) is 0.393. The van der Waals surface area contributed by atoms with Crippen LogP contribution in [0.25, 0.3) is 0 Å². The van der Waals surface area contributed by atoms with Crippen molar-refractivity contribution in [2.45, 2.75) is 59.6 Å². The van der Waals surface area contributed by atoms with Gasteiger partial charge in [-0.25, -0.2) is 14.4 Å². The highest BCUT2D eigenvalue weighted by atomic mass is 16.5. The van der Waals surface area contributed by atoms with Crippen LogP contribution in [-0.4, -0.2) is 42.2 Å². The van der Waals surface area contributed by atoms with Gasteiger partial charge in [-0.15, -0.1) is 0 Å². The zero-order valence-electron chi connectivity index (χ0n) is 22.1. The summed E-state index contributed by atoms with van der Waals surface area (Å²) in [7, 11) is 0. The molecule has 0 aliphatic carbocycles. The third-order valence-corrected chi connectivity index (χ3v) is 5.81. The van der Waals surface area contributed by atoms with Gasteiger partial charge >= 0.3 is 18.0 Å². The first kappa shape index (κ1) is 27.6. The number of unbranched alkanes of at least 4 members (excludes halogenated alkanes) is 1. The van der Waals surface area contributed by atoms with Gasteiger partial charge in [0.05, 0.1) is 30.0 Å². The van der Waals surface area contributed by atoms with Crippen molar-refractivity contribution in [1.29, 1.82) is 0 Å². The van der Waals surface area contributed by atoms with Gasteiger partial charge in [0.15, 0.2) is 0 Å². The van der Waals surface area contributed by atoms with Gasteiger partial charge < -0.3 is 25.4 Å². The summed E-state index contributed by atoms with van der Waals surface area (Å²) in [6.45, 7) is 10.2. The molecule has 1 unspecified atom stereocenters. The third kappa shape index (κ3) is 7.03. The number of nitrogens with one attached hydrogen (secondary N) is 3. The van der Waals surface area contributed by atoms with E-state index in [2.05, 4.69) is 16.0 Å². The minimum absolute atomic E-state index is 0.277. The number of anilines is 2. The fourth-order valence-corrected chi connectivity index (χ4v) is 4.09. The Morgan fingerprint density at radius 1 is 1.08 bits per heavy atom. The van der Waals surface area contributed by atoms with Gasteiger partial charge in [-0.3, -0.25) is 4.90 Å². The lowest BCUT2D eigenvalue weighted by Crippen LogP contribution is -2.48. The Balaban J connectivity index is 1.87. The molecule has 198 valence electrons. The molecule has 0 saturated heterocycles. The number of nitrogens with zero attached hydrogens (tertiary/aromatic N) is 1. The maximum atomic E-state index is 13.1. The second-order valence-corrected chi connectivity index (χ2v) is 8.97. The molecular formula is C28H36N4O5. The number of rotatable bonds is 10. The van der Waals surface area contributed by atoms with Gasteiger partial charge in [0, 0.05) is 17.9 Å². The number of benzene rings is 2. The Kier molecular flexibility index (Phi) is 9.54. The molecule has 0 fully saturated rings. The molecular weight excluding hydrogens is 472 g/mol. The van der Waals surface area contributed by atoms with Gasteiger partial charge in [0.2, 0.25) is 0 Å². The highest BCUT2D eigenvalue weighted by Gasteiger charge is 2.36. The predicted molar refractivity (Wildman–Crippen MR) is 144 cm³/mol. The van der Waals surface area contributed by atoms with Gasteiger partial charge in [-0.05, 0) is 63.9 Å². The molecule has 2 aromatic rings. The molecule has 0 saturated carbocycles. The zero-order valence-corrected chi connectivity index (χ0v) is 22.1. The van der Waals surface area contributed by atoms with Crippen LogP contribution < -0.4 is 20.7 Å². The molecule has 3 rings (SSSR count).